The van der Waals surface area contributed by atoms with Crippen LogP contribution in [0.1, 0.15) is 28.4 Å². The number of ether oxygens (including phenoxy) is 1. The second-order valence-corrected chi connectivity index (χ2v) is 6.62. The van der Waals surface area contributed by atoms with Gasteiger partial charge in [0.15, 0.2) is 0 Å². The van der Waals surface area contributed by atoms with E-state index in [0.29, 0.717) is 11.4 Å². The van der Waals surface area contributed by atoms with Gasteiger partial charge in [-0.15, -0.1) is 0 Å². The minimum Gasteiger partial charge on any atom is -0.496 e. The van der Waals surface area contributed by atoms with Crippen LogP contribution in [0.2, 0.25) is 5.02 Å². The van der Waals surface area contributed by atoms with Crippen molar-refractivity contribution in [3.05, 3.63) is 55.4 Å². The zero-order valence-electron chi connectivity index (χ0n) is 12.3. The molecule has 0 aliphatic heterocycles. The van der Waals surface area contributed by atoms with Crippen LogP contribution in [0.4, 0.5) is 0 Å². The molecule has 1 unspecified atom stereocenters. The Balaban J connectivity index is 2.32. The van der Waals surface area contributed by atoms with Crippen LogP contribution in [0.5, 0.6) is 5.75 Å². The van der Waals surface area contributed by atoms with Gasteiger partial charge in [-0.2, -0.15) is 0 Å². The molecule has 2 N–H and O–H groups in total. The highest BCUT2D eigenvalue weighted by atomic mass is 127. The number of hydrogen-bond donors (Lipinski definition) is 1. The predicted molar refractivity (Wildman–Crippen MR) is 95.1 cm³/mol. The van der Waals surface area contributed by atoms with Gasteiger partial charge in [-0.3, -0.25) is 4.98 Å². The fraction of sp³-hybridized carbons (Fsp3) is 0.312. The van der Waals surface area contributed by atoms with Crippen molar-refractivity contribution >= 4 is 34.2 Å². The number of aromatic nitrogens is 1. The summed E-state index contributed by atoms with van der Waals surface area (Å²) in [6.45, 7) is 4.01. The normalized spacial score (nSPS) is 12.3. The zero-order chi connectivity index (χ0) is 15.6. The number of nitrogens with zero attached hydrogens (tertiary/aromatic N) is 1. The first-order valence-corrected chi connectivity index (χ1v) is 8.09. The maximum Gasteiger partial charge on any atom is 0.128 e. The topological polar surface area (TPSA) is 48.1 Å². The lowest BCUT2D eigenvalue weighted by atomic mass is 9.99. The van der Waals surface area contributed by atoms with E-state index < -0.39 is 0 Å². The second kappa shape index (κ2) is 6.94. The van der Waals surface area contributed by atoms with Crippen LogP contribution >= 0.6 is 34.2 Å². The highest BCUT2D eigenvalue weighted by Crippen LogP contribution is 2.29. The van der Waals surface area contributed by atoms with E-state index in [0.717, 1.165) is 31.7 Å². The molecule has 0 radical (unpaired) electrons. The molecule has 112 valence electrons. The minimum atomic E-state index is -0.144. The Bertz CT molecular complexity index is 661. The molecule has 5 heteroatoms. The van der Waals surface area contributed by atoms with E-state index in [1.807, 2.05) is 38.2 Å². The fourth-order valence-electron chi connectivity index (χ4n) is 2.39. The molecular weight excluding hydrogens is 399 g/mol. The van der Waals surface area contributed by atoms with Crippen molar-refractivity contribution in [3.8, 4) is 5.75 Å². The Labute approximate surface area is 144 Å². The van der Waals surface area contributed by atoms with Crippen molar-refractivity contribution in [1.29, 1.82) is 0 Å². The number of hydrogen-bond acceptors (Lipinski definition) is 3. The summed E-state index contributed by atoms with van der Waals surface area (Å²) in [5.41, 5.74) is 10.4. The molecule has 0 aliphatic carbocycles. The highest BCUT2D eigenvalue weighted by molar-refractivity contribution is 14.1. The Hall–Kier alpha value is -0.850. The van der Waals surface area contributed by atoms with Crippen LogP contribution in [0.3, 0.4) is 0 Å². The Kier molecular flexibility index (Phi) is 5.46. The molecule has 2 rings (SSSR count). The van der Waals surface area contributed by atoms with Gasteiger partial charge in [-0.1, -0.05) is 11.6 Å². The van der Waals surface area contributed by atoms with E-state index >= 15 is 0 Å². The quantitative estimate of drug-likeness (QED) is 0.760. The summed E-state index contributed by atoms with van der Waals surface area (Å²) < 4.78 is 6.56. The lowest BCUT2D eigenvalue weighted by Crippen LogP contribution is -2.16. The summed E-state index contributed by atoms with van der Waals surface area (Å²) in [5.74, 6) is 0.882. The monoisotopic (exact) mass is 416 g/mol. The Morgan fingerprint density at radius 2 is 2.10 bits per heavy atom. The molecule has 0 fully saturated rings. The molecule has 1 heterocycles. The van der Waals surface area contributed by atoms with Crippen LogP contribution < -0.4 is 10.5 Å². The molecule has 0 spiro atoms. The lowest BCUT2D eigenvalue weighted by Gasteiger charge is -2.17. The van der Waals surface area contributed by atoms with E-state index in [1.54, 1.807) is 7.11 Å². The molecule has 2 aromatic rings. The van der Waals surface area contributed by atoms with Gasteiger partial charge in [-0.25, -0.2) is 0 Å². The highest BCUT2D eigenvalue weighted by Gasteiger charge is 2.16. The van der Waals surface area contributed by atoms with Crippen LogP contribution in [0.15, 0.2) is 24.4 Å². The molecule has 0 saturated heterocycles. The minimum absolute atomic E-state index is 0.144. The SMILES string of the molecule is COc1c(C)cnc(CC(N)c2cc(Cl)ccc2I)c1C. The molecule has 1 atom stereocenters. The largest absolute Gasteiger partial charge is 0.496 e. The summed E-state index contributed by atoms with van der Waals surface area (Å²) in [7, 11) is 1.68. The maximum atomic E-state index is 6.35. The molecule has 0 saturated carbocycles. The summed E-state index contributed by atoms with van der Waals surface area (Å²) in [6.07, 6.45) is 2.48. The van der Waals surface area contributed by atoms with Gasteiger partial charge in [0.2, 0.25) is 0 Å². The number of rotatable bonds is 4. The average molecular weight is 417 g/mol. The van der Waals surface area contributed by atoms with E-state index in [9.17, 15) is 0 Å². The Morgan fingerprint density at radius 3 is 2.76 bits per heavy atom. The van der Waals surface area contributed by atoms with Crippen molar-refractivity contribution in [2.75, 3.05) is 7.11 Å². The van der Waals surface area contributed by atoms with Gasteiger partial charge in [0.05, 0.1) is 7.11 Å². The number of halogens is 2. The van der Waals surface area contributed by atoms with Crippen molar-refractivity contribution in [3.63, 3.8) is 0 Å². The van der Waals surface area contributed by atoms with Crippen molar-refractivity contribution in [2.45, 2.75) is 26.3 Å². The van der Waals surface area contributed by atoms with Crippen LogP contribution in [-0.2, 0) is 6.42 Å². The first-order valence-electron chi connectivity index (χ1n) is 6.63. The van der Waals surface area contributed by atoms with E-state index in [4.69, 9.17) is 22.1 Å². The molecule has 0 bridgehead atoms. The lowest BCUT2D eigenvalue weighted by molar-refractivity contribution is 0.406. The molecule has 0 aliphatic rings. The summed E-state index contributed by atoms with van der Waals surface area (Å²) in [4.78, 5) is 4.51. The smallest absolute Gasteiger partial charge is 0.128 e. The molecule has 1 aromatic carbocycles. The third-order valence-electron chi connectivity index (χ3n) is 3.52. The van der Waals surface area contributed by atoms with Crippen molar-refractivity contribution < 1.29 is 4.74 Å². The molecule has 3 nitrogen and oxygen atoms in total. The summed E-state index contributed by atoms with van der Waals surface area (Å²) >= 11 is 8.35. The standard InChI is InChI=1S/C16H18ClIN2O/c1-9-8-20-15(10(2)16(9)21-3)7-14(19)12-6-11(17)4-5-13(12)18/h4-6,8,14H,7,19H2,1-3H3. The van der Waals surface area contributed by atoms with Crippen molar-refractivity contribution in [2.24, 2.45) is 5.73 Å². The molecule has 0 amide bonds. The van der Waals surface area contributed by atoms with Gasteiger partial charge in [-0.05, 0) is 60.2 Å². The van der Waals surface area contributed by atoms with Gasteiger partial charge in [0.1, 0.15) is 5.75 Å². The maximum absolute atomic E-state index is 6.35. The fourth-order valence-corrected chi connectivity index (χ4v) is 3.31. The van der Waals surface area contributed by atoms with E-state index in [1.165, 1.54) is 0 Å². The molecular formula is C16H18ClIN2O. The van der Waals surface area contributed by atoms with Gasteiger partial charge >= 0.3 is 0 Å². The van der Waals surface area contributed by atoms with Crippen LogP contribution in [0, 0.1) is 17.4 Å². The number of methoxy groups -OCH3 is 1. The predicted octanol–water partition coefficient (Wildman–Crippen LogP) is 4.21. The third-order valence-corrected chi connectivity index (χ3v) is 4.74. The zero-order valence-corrected chi connectivity index (χ0v) is 15.2. The Morgan fingerprint density at radius 1 is 1.38 bits per heavy atom. The number of aryl methyl sites for hydroxylation is 1. The number of nitrogens with two attached hydrogens (primary N) is 1. The van der Waals surface area contributed by atoms with Crippen molar-refractivity contribution in [1.82, 2.24) is 4.98 Å². The van der Waals surface area contributed by atoms with E-state index in [-0.39, 0.29) is 6.04 Å². The first kappa shape index (κ1) is 16.5. The average Bonchev–Trinajstić information content (AvgIpc) is 2.45. The number of benzene rings is 1. The number of pyridine rings is 1. The second-order valence-electron chi connectivity index (χ2n) is 5.02. The van der Waals surface area contributed by atoms with Gasteiger partial charge in [0, 0.05) is 44.1 Å². The first-order chi connectivity index (χ1) is 9.93. The third kappa shape index (κ3) is 3.67. The van der Waals surface area contributed by atoms with Gasteiger partial charge in [0.25, 0.3) is 0 Å². The molecule has 1 aromatic heterocycles. The molecule has 21 heavy (non-hydrogen) atoms. The van der Waals surface area contributed by atoms with E-state index in [2.05, 4.69) is 27.6 Å². The summed E-state index contributed by atoms with van der Waals surface area (Å²) in [6, 6.07) is 5.63. The summed E-state index contributed by atoms with van der Waals surface area (Å²) in [5, 5.41) is 0.701. The van der Waals surface area contributed by atoms with Crippen LogP contribution in [-0.4, -0.2) is 12.1 Å². The van der Waals surface area contributed by atoms with Crippen LogP contribution in [0.25, 0.3) is 0 Å². The van der Waals surface area contributed by atoms with Gasteiger partial charge < -0.3 is 10.5 Å².